The summed E-state index contributed by atoms with van der Waals surface area (Å²) in [4.78, 5) is 13.5. The first-order chi connectivity index (χ1) is 14.1. The lowest BCUT2D eigenvalue weighted by atomic mass is 9.88. The predicted octanol–water partition coefficient (Wildman–Crippen LogP) is 2.00. The molecule has 0 amide bonds. The summed E-state index contributed by atoms with van der Waals surface area (Å²) < 4.78 is 0. The number of piperidine rings is 2. The molecule has 29 heavy (non-hydrogen) atoms. The minimum absolute atomic E-state index is 0.783. The van der Waals surface area contributed by atoms with Crippen LogP contribution < -0.4 is 0 Å². The van der Waals surface area contributed by atoms with Gasteiger partial charge < -0.3 is 24.5 Å². The van der Waals surface area contributed by atoms with Crippen LogP contribution in [-0.2, 0) is 0 Å². The fraction of sp³-hybridized carbons (Fsp3) is 1.00. The van der Waals surface area contributed by atoms with E-state index in [0.29, 0.717) is 0 Å². The molecule has 0 saturated carbocycles. The molecule has 2 unspecified atom stereocenters. The summed E-state index contributed by atoms with van der Waals surface area (Å²) in [5.74, 6) is 2.81. The van der Waals surface area contributed by atoms with Crippen molar-refractivity contribution in [3.63, 3.8) is 0 Å². The maximum atomic E-state index is 2.79. The summed E-state index contributed by atoms with van der Waals surface area (Å²) in [5.41, 5.74) is 0. The number of likely N-dealkylation sites (tertiary alicyclic amines) is 3. The highest BCUT2D eigenvalue weighted by Gasteiger charge is 2.32. The summed E-state index contributed by atoms with van der Waals surface area (Å²) in [6.07, 6.45) is 5.66. The van der Waals surface area contributed by atoms with Crippen molar-refractivity contribution in [1.29, 1.82) is 0 Å². The maximum absolute atomic E-state index is 2.79. The van der Waals surface area contributed by atoms with Crippen LogP contribution in [-0.4, -0.2) is 123 Å². The molecule has 0 spiro atoms. The van der Waals surface area contributed by atoms with Gasteiger partial charge in [0.05, 0.1) is 0 Å². The molecular formula is C24H47N5. The Kier molecular flexibility index (Phi) is 7.90. The van der Waals surface area contributed by atoms with Gasteiger partial charge in [0.2, 0.25) is 0 Å². The highest BCUT2D eigenvalue weighted by molar-refractivity contribution is 4.87. The Hall–Kier alpha value is -0.200. The zero-order valence-corrected chi connectivity index (χ0v) is 19.6. The molecule has 5 nitrogen and oxygen atoms in total. The van der Waals surface area contributed by atoms with Gasteiger partial charge in [0.25, 0.3) is 0 Å². The van der Waals surface area contributed by atoms with E-state index in [2.05, 4.69) is 45.4 Å². The van der Waals surface area contributed by atoms with E-state index in [1.165, 1.54) is 111 Å². The van der Waals surface area contributed by atoms with Crippen LogP contribution in [0, 0.1) is 17.8 Å². The Morgan fingerprint density at radius 2 is 1.24 bits per heavy atom. The third kappa shape index (κ3) is 6.16. The molecule has 4 aliphatic heterocycles. The van der Waals surface area contributed by atoms with Gasteiger partial charge in [-0.05, 0) is 76.7 Å². The topological polar surface area (TPSA) is 16.2 Å². The van der Waals surface area contributed by atoms with E-state index in [-0.39, 0.29) is 0 Å². The van der Waals surface area contributed by atoms with E-state index in [1.54, 1.807) is 0 Å². The van der Waals surface area contributed by atoms with E-state index < -0.39 is 0 Å². The first-order valence-electron chi connectivity index (χ1n) is 12.7. The van der Waals surface area contributed by atoms with Crippen LogP contribution in [0.3, 0.4) is 0 Å². The molecule has 4 fully saturated rings. The number of piperazine rings is 1. The average Bonchev–Trinajstić information content (AvgIpc) is 2.71. The van der Waals surface area contributed by atoms with Crippen LogP contribution in [0.25, 0.3) is 0 Å². The van der Waals surface area contributed by atoms with Gasteiger partial charge in [-0.15, -0.1) is 0 Å². The average molecular weight is 406 g/mol. The number of hydrogen-bond donors (Lipinski definition) is 0. The standard InChI is InChI=1S/C24H47N5/c1-4-26-11-13-28(14-12-26)18-22-6-9-27(10-7-22)20-24-15-23(5-8-25(24)3)19-29-16-21(2)17-29/h21-24H,4-20H2,1-3H3. The van der Waals surface area contributed by atoms with E-state index in [4.69, 9.17) is 0 Å². The van der Waals surface area contributed by atoms with Gasteiger partial charge in [-0.1, -0.05) is 13.8 Å². The van der Waals surface area contributed by atoms with Gasteiger partial charge in [-0.2, -0.15) is 0 Å². The lowest BCUT2D eigenvalue weighted by Gasteiger charge is -2.45. The largest absolute Gasteiger partial charge is 0.302 e. The van der Waals surface area contributed by atoms with Crippen molar-refractivity contribution in [3.05, 3.63) is 0 Å². The lowest BCUT2D eigenvalue weighted by molar-refractivity contribution is 0.0401. The van der Waals surface area contributed by atoms with E-state index >= 15 is 0 Å². The Balaban J connectivity index is 1.15. The third-order valence-corrected chi connectivity index (χ3v) is 8.38. The summed E-state index contributed by atoms with van der Waals surface area (Å²) in [5, 5.41) is 0. The molecule has 168 valence electrons. The number of rotatable bonds is 7. The number of likely N-dealkylation sites (N-methyl/N-ethyl adjacent to an activating group) is 2. The molecule has 2 atom stereocenters. The van der Waals surface area contributed by atoms with E-state index in [1.807, 2.05) is 0 Å². The molecule has 4 heterocycles. The molecule has 4 saturated heterocycles. The van der Waals surface area contributed by atoms with Crippen LogP contribution in [0.15, 0.2) is 0 Å². The van der Waals surface area contributed by atoms with Crippen molar-refractivity contribution in [2.75, 3.05) is 92.1 Å². The Morgan fingerprint density at radius 3 is 1.90 bits per heavy atom. The van der Waals surface area contributed by atoms with Crippen LogP contribution in [0.2, 0.25) is 0 Å². The van der Waals surface area contributed by atoms with Gasteiger partial charge in [0, 0.05) is 64.9 Å². The summed E-state index contributed by atoms with van der Waals surface area (Å²) in [7, 11) is 2.37. The highest BCUT2D eigenvalue weighted by atomic mass is 15.3. The lowest BCUT2D eigenvalue weighted by Crippen LogP contribution is -2.53. The van der Waals surface area contributed by atoms with Gasteiger partial charge in [0.15, 0.2) is 0 Å². The Labute approximate surface area is 180 Å². The molecule has 0 aromatic carbocycles. The second-order valence-corrected chi connectivity index (χ2v) is 10.8. The summed E-state index contributed by atoms with van der Waals surface area (Å²) >= 11 is 0. The molecule has 0 aromatic rings. The molecule has 5 heteroatoms. The van der Waals surface area contributed by atoms with Gasteiger partial charge in [-0.3, -0.25) is 0 Å². The van der Waals surface area contributed by atoms with Crippen LogP contribution in [0.1, 0.15) is 39.5 Å². The van der Waals surface area contributed by atoms with E-state index in [0.717, 1.165) is 23.8 Å². The van der Waals surface area contributed by atoms with Crippen molar-refractivity contribution in [2.45, 2.75) is 45.6 Å². The van der Waals surface area contributed by atoms with Crippen LogP contribution in [0.4, 0.5) is 0 Å². The molecule has 4 aliphatic rings. The molecule has 0 radical (unpaired) electrons. The molecule has 0 aromatic heterocycles. The van der Waals surface area contributed by atoms with E-state index in [9.17, 15) is 0 Å². The molecule has 4 rings (SSSR count). The van der Waals surface area contributed by atoms with Crippen LogP contribution >= 0.6 is 0 Å². The zero-order valence-electron chi connectivity index (χ0n) is 19.6. The van der Waals surface area contributed by atoms with Gasteiger partial charge in [-0.25, -0.2) is 0 Å². The quantitative estimate of drug-likeness (QED) is 0.642. The molecule has 0 aliphatic carbocycles. The van der Waals surface area contributed by atoms with Crippen molar-refractivity contribution in [3.8, 4) is 0 Å². The monoisotopic (exact) mass is 405 g/mol. The first kappa shape index (κ1) is 22.0. The van der Waals surface area contributed by atoms with Crippen LogP contribution in [0.5, 0.6) is 0 Å². The van der Waals surface area contributed by atoms with Crippen molar-refractivity contribution < 1.29 is 0 Å². The summed E-state index contributed by atoms with van der Waals surface area (Å²) in [6, 6.07) is 0.783. The van der Waals surface area contributed by atoms with Crippen molar-refractivity contribution in [1.82, 2.24) is 24.5 Å². The second kappa shape index (κ2) is 10.4. The van der Waals surface area contributed by atoms with Gasteiger partial charge in [0.1, 0.15) is 0 Å². The van der Waals surface area contributed by atoms with Crippen molar-refractivity contribution >= 4 is 0 Å². The SMILES string of the molecule is CCN1CCN(CC2CCN(CC3CC(CN4CC(C)C4)CCN3C)CC2)CC1. The third-order valence-electron chi connectivity index (χ3n) is 8.38. The maximum Gasteiger partial charge on any atom is 0.0223 e. The fourth-order valence-electron chi connectivity index (χ4n) is 6.28. The molecule has 0 bridgehead atoms. The second-order valence-electron chi connectivity index (χ2n) is 10.8. The van der Waals surface area contributed by atoms with Gasteiger partial charge >= 0.3 is 0 Å². The minimum atomic E-state index is 0.783. The Morgan fingerprint density at radius 1 is 0.655 bits per heavy atom. The molecule has 0 N–H and O–H groups in total. The predicted molar refractivity (Wildman–Crippen MR) is 122 cm³/mol. The summed E-state index contributed by atoms with van der Waals surface area (Å²) in [6.45, 7) is 21.7. The minimum Gasteiger partial charge on any atom is -0.302 e. The first-order valence-corrected chi connectivity index (χ1v) is 12.7. The fourth-order valence-corrected chi connectivity index (χ4v) is 6.28. The zero-order chi connectivity index (χ0) is 20.2. The smallest absolute Gasteiger partial charge is 0.0223 e. The van der Waals surface area contributed by atoms with Crippen molar-refractivity contribution in [2.24, 2.45) is 17.8 Å². The molecular weight excluding hydrogens is 358 g/mol. The number of nitrogens with zero attached hydrogens (tertiary/aromatic N) is 5. The number of hydrogen-bond acceptors (Lipinski definition) is 5. The normalized spacial score (nSPS) is 33.2. The Bertz CT molecular complexity index is 478. The highest BCUT2D eigenvalue weighted by Crippen LogP contribution is 2.27.